The highest BCUT2D eigenvalue weighted by Crippen LogP contribution is 2.15. The third-order valence-electron chi connectivity index (χ3n) is 3.51. The molecular weight excluding hydrogens is 443 g/mol. The number of nitrogens with zero attached hydrogens (tertiary/aromatic N) is 1. The normalized spacial score (nSPS) is 10.6. The monoisotopic (exact) mass is 468 g/mol. The van der Waals surface area contributed by atoms with Gasteiger partial charge in [0.1, 0.15) is 5.75 Å². The molecule has 4 N–H and O–H groups in total. The van der Waals surface area contributed by atoms with Gasteiger partial charge in [0.15, 0.2) is 5.96 Å². The second kappa shape index (κ2) is 11.3. The van der Waals surface area contributed by atoms with Crippen LogP contribution in [0.3, 0.4) is 0 Å². The molecule has 0 heterocycles. The Morgan fingerprint density at radius 3 is 2.19 bits per heavy atom. The quantitative estimate of drug-likeness (QED) is 0.326. The number of nitrogens with two attached hydrogens (primary N) is 1. The molecule has 2 rings (SSSR count). The minimum absolute atomic E-state index is 0. The van der Waals surface area contributed by atoms with Gasteiger partial charge in [-0.05, 0) is 48.4 Å². The lowest BCUT2D eigenvalue weighted by atomic mass is 10.2. The van der Waals surface area contributed by atoms with Crippen molar-refractivity contribution in [2.45, 2.75) is 26.3 Å². The number of methoxy groups -OCH3 is 1. The van der Waals surface area contributed by atoms with Crippen LogP contribution < -0.4 is 21.1 Å². The van der Waals surface area contributed by atoms with E-state index in [2.05, 4.69) is 15.6 Å². The van der Waals surface area contributed by atoms with Crippen LogP contribution in [0.1, 0.15) is 25.3 Å². The summed E-state index contributed by atoms with van der Waals surface area (Å²) < 4.78 is 5.11. The van der Waals surface area contributed by atoms with E-state index in [0.717, 1.165) is 29.1 Å². The lowest BCUT2D eigenvalue weighted by Gasteiger charge is -2.07. The van der Waals surface area contributed by atoms with Crippen LogP contribution in [0.4, 0.5) is 11.4 Å². The molecule has 26 heavy (non-hydrogen) atoms. The highest BCUT2D eigenvalue weighted by molar-refractivity contribution is 14.0. The number of nitrogens with one attached hydrogen (secondary N) is 2. The Morgan fingerprint density at radius 2 is 1.62 bits per heavy atom. The van der Waals surface area contributed by atoms with Crippen LogP contribution in [0.25, 0.3) is 0 Å². The molecule has 0 atom stereocenters. The summed E-state index contributed by atoms with van der Waals surface area (Å²) in [7, 11) is 1.62. The topological polar surface area (TPSA) is 88.7 Å². The van der Waals surface area contributed by atoms with Gasteiger partial charge < -0.3 is 21.1 Å². The van der Waals surface area contributed by atoms with Crippen LogP contribution in [-0.4, -0.2) is 19.0 Å². The van der Waals surface area contributed by atoms with Crippen LogP contribution in [0, 0.1) is 0 Å². The van der Waals surface area contributed by atoms with Gasteiger partial charge in [-0.25, -0.2) is 4.99 Å². The minimum Gasteiger partial charge on any atom is -0.497 e. The Kier molecular flexibility index (Phi) is 9.50. The summed E-state index contributed by atoms with van der Waals surface area (Å²) in [4.78, 5) is 15.9. The fourth-order valence-electron chi connectivity index (χ4n) is 2.18. The summed E-state index contributed by atoms with van der Waals surface area (Å²) in [6.07, 6.45) is 1.36. The minimum atomic E-state index is 0. The second-order valence-electron chi connectivity index (χ2n) is 5.55. The van der Waals surface area contributed by atoms with E-state index >= 15 is 0 Å². The largest absolute Gasteiger partial charge is 0.497 e. The molecule has 0 spiro atoms. The molecule has 0 unspecified atom stereocenters. The molecule has 0 aliphatic rings. The number of benzene rings is 2. The van der Waals surface area contributed by atoms with Gasteiger partial charge in [-0.3, -0.25) is 4.79 Å². The Morgan fingerprint density at radius 1 is 1.04 bits per heavy atom. The highest BCUT2D eigenvalue weighted by atomic mass is 127. The number of carbonyl (C=O) groups excluding carboxylic acids is 1. The van der Waals surface area contributed by atoms with E-state index < -0.39 is 0 Å². The third kappa shape index (κ3) is 7.30. The average Bonchev–Trinajstić information content (AvgIpc) is 2.62. The summed E-state index contributed by atoms with van der Waals surface area (Å²) in [6.45, 7) is 2.43. The van der Waals surface area contributed by atoms with E-state index in [1.54, 1.807) is 7.11 Å². The predicted octanol–water partition coefficient (Wildman–Crippen LogP) is 3.98. The van der Waals surface area contributed by atoms with Crippen molar-refractivity contribution in [1.82, 2.24) is 0 Å². The molecule has 0 bridgehead atoms. The van der Waals surface area contributed by atoms with Gasteiger partial charge >= 0.3 is 0 Å². The summed E-state index contributed by atoms with van der Waals surface area (Å²) in [6, 6.07) is 15.0. The maximum absolute atomic E-state index is 11.6. The van der Waals surface area contributed by atoms with Gasteiger partial charge in [0.05, 0.1) is 13.7 Å². The number of rotatable bonds is 7. The maximum atomic E-state index is 11.6. The van der Waals surface area contributed by atoms with Crippen LogP contribution >= 0.6 is 24.0 Å². The molecule has 0 radical (unpaired) electrons. The first-order valence-electron chi connectivity index (χ1n) is 8.20. The van der Waals surface area contributed by atoms with Crippen molar-refractivity contribution in [3.8, 4) is 5.75 Å². The highest BCUT2D eigenvalue weighted by Gasteiger charge is 2.01. The standard InChI is InChI=1S/C19H24N4O2.HI/c1-3-4-18(24)22-15-7-5-14(6-8-15)13-21-19(20)23-16-9-11-17(25-2)12-10-16;/h5-12H,3-4,13H2,1-2H3,(H,22,24)(H3,20,21,23);1H. The number of guanidine groups is 1. The van der Waals surface area contributed by atoms with E-state index in [1.807, 2.05) is 55.5 Å². The molecule has 0 fully saturated rings. The summed E-state index contributed by atoms with van der Waals surface area (Å²) >= 11 is 0. The van der Waals surface area contributed by atoms with Crippen LogP contribution in [-0.2, 0) is 11.3 Å². The molecule has 6 nitrogen and oxygen atoms in total. The Hall–Kier alpha value is -2.29. The summed E-state index contributed by atoms with van der Waals surface area (Å²) in [5.74, 6) is 1.15. The van der Waals surface area contributed by atoms with Gasteiger partial charge in [-0.2, -0.15) is 0 Å². The van der Waals surface area contributed by atoms with Crippen LogP contribution in [0.5, 0.6) is 5.75 Å². The van der Waals surface area contributed by atoms with E-state index in [9.17, 15) is 4.79 Å². The van der Waals surface area contributed by atoms with Crippen molar-refractivity contribution in [3.05, 3.63) is 54.1 Å². The number of carbonyl (C=O) groups is 1. The van der Waals surface area contributed by atoms with E-state index in [-0.39, 0.29) is 29.9 Å². The lowest BCUT2D eigenvalue weighted by molar-refractivity contribution is -0.116. The first-order chi connectivity index (χ1) is 12.1. The SMILES string of the molecule is CCCC(=O)Nc1ccc(CN=C(N)Nc2ccc(OC)cc2)cc1.I. The zero-order valence-electron chi connectivity index (χ0n) is 15.0. The number of anilines is 2. The second-order valence-corrected chi connectivity index (χ2v) is 5.55. The molecular formula is C19H25IN4O2. The van der Waals surface area contributed by atoms with Crippen LogP contribution in [0.15, 0.2) is 53.5 Å². The maximum Gasteiger partial charge on any atom is 0.224 e. The number of ether oxygens (including phenoxy) is 1. The molecule has 0 aromatic heterocycles. The molecule has 0 aliphatic heterocycles. The fourth-order valence-corrected chi connectivity index (χ4v) is 2.18. The molecule has 7 heteroatoms. The first kappa shape index (κ1) is 21.8. The molecule has 0 saturated heterocycles. The van der Waals surface area contributed by atoms with Crippen LogP contribution in [0.2, 0.25) is 0 Å². The molecule has 2 aromatic rings. The van der Waals surface area contributed by atoms with Crippen molar-refractivity contribution < 1.29 is 9.53 Å². The third-order valence-corrected chi connectivity index (χ3v) is 3.51. The Labute approximate surface area is 171 Å². The smallest absolute Gasteiger partial charge is 0.224 e. The zero-order valence-corrected chi connectivity index (χ0v) is 17.3. The molecule has 140 valence electrons. The van der Waals surface area contributed by atoms with Crippen molar-refractivity contribution in [3.63, 3.8) is 0 Å². The van der Waals surface area contributed by atoms with Gasteiger partial charge in [0, 0.05) is 17.8 Å². The predicted molar refractivity (Wildman–Crippen MR) is 117 cm³/mol. The average molecular weight is 468 g/mol. The van der Waals surface area contributed by atoms with Crippen molar-refractivity contribution >= 4 is 47.2 Å². The fraction of sp³-hybridized carbons (Fsp3) is 0.263. The summed E-state index contributed by atoms with van der Waals surface area (Å²) in [5.41, 5.74) is 8.54. The number of aliphatic imine (C=N–C) groups is 1. The Bertz CT molecular complexity index is 715. The van der Waals surface area contributed by atoms with Gasteiger partial charge in [-0.15, -0.1) is 24.0 Å². The van der Waals surface area contributed by atoms with Gasteiger partial charge in [0.2, 0.25) is 5.91 Å². The first-order valence-corrected chi connectivity index (χ1v) is 8.20. The summed E-state index contributed by atoms with van der Waals surface area (Å²) in [5, 5.41) is 5.89. The van der Waals surface area contributed by atoms with E-state index in [4.69, 9.17) is 10.5 Å². The van der Waals surface area contributed by atoms with E-state index in [0.29, 0.717) is 18.9 Å². The molecule has 0 saturated carbocycles. The zero-order chi connectivity index (χ0) is 18.1. The molecule has 1 amide bonds. The molecule has 2 aromatic carbocycles. The lowest BCUT2D eigenvalue weighted by Crippen LogP contribution is -2.22. The molecule has 0 aliphatic carbocycles. The van der Waals surface area contributed by atoms with Crippen molar-refractivity contribution in [1.29, 1.82) is 0 Å². The van der Waals surface area contributed by atoms with E-state index in [1.165, 1.54) is 0 Å². The number of halogens is 1. The number of hydrogen-bond acceptors (Lipinski definition) is 3. The van der Waals surface area contributed by atoms with Crippen molar-refractivity contribution in [2.75, 3.05) is 17.7 Å². The number of hydrogen-bond donors (Lipinski definition) is 3. The van der Waals surface area contributed by atoms with Gasteiger partial charge in [-0.1, -0.05) is 19.1 Å². The van der Waals surface area contributed by atoms with Crippen molar-refractivity contribution in [2.24, 2.45) is 10.7 Å². The Balaban J connectivity index is 0.00000338. The van der Waals surface area contributed by atoms with Gasteiger partial charge in [0.25, 0.3) is 0 Å². The number of amides is 1.